The molecule has 0 bridgehead atoms. The second-order valence-corrected chi connectivity index (χ2v) is 8.10. The summed E-state index contributed by atoms with van der Waals surface area (Å²) in [6.45, 7) is 3.55. The van der Waals surface area contributed by atoms with Gasteiger partial charge >= 0.3 is 0 Å². The minimum Gasteiger partial charge on any atom is -0.497 e. The van der Waals surface area contributed by atoms with E-state index in [1.807, 2.05) is 30.3 Å². The van der Waals surface area contributed by atoms with Crippen molar-refractivity contribution in [2.75, 3.05) is 7.11 Å². The Morgan fingerprint density at radius 3 is 2.76 bits per heavy atom. The zero-order chi connectivity index (χ0) is 23.1. The fourth-order valence-electron chi connectivity index (χ4n) is 4.11. The topological polar surface area (TPSA) is 112 Å². The molecule has 0 unspecified atom stereocenters. The molecule has 1 amide bonds. The lowest BCUT2D eigenvalue weighted by Gasteiger charge is -2.09. The number of hydrogen-bond donors (Lipinski definition) is 1. The highest BCUT2D eigenvalue weighted by molar-refractivity contribution is 6.03. The highest BCUT2D eigenvalue weighted by Gasteiger charge is 2.29. The van der Waals surface area contributed by atoms with Crippen LogP contribution >= 0.6 is 0 Å². The van der Waals surface area contributed by atoms with Crippen molar-refractivity contribution in [3.05, 3.63) is 65.1 Å². The van der Waals surface area contributed by atoms with Gasteiger partial charge in [-0.2, -0.15) is 0 Å². The summed E-state index contributed by atoms with van der Waals surface area (Å²) in [5.74, 6) is 1.64. The van der Waals surface area contributed by atoms with Crippen molar-refractivity contribution in [1.29, 1.82) is 0 Å². The number of ketones is 1. The smallest absolute Gasteiger partial charge is 0.287 e. The highest BCUT2D eigenvalue weighted by Crippen LogP contribution is 2.29. The molecule has 0 radical (unpaired) electrons. The summed E-state index contributed by atoms with van der Waals surface area (Å²) in [5.41, 5.74) is 3.44. The Morgan fingerprint density at radius 1 is 1.24 bits per heavy atom. The van der Waals surface area contributed by atoms with E-state index in [-0.39, 0.29) is 11.5 Å². The van der Waals surface area contributed by atoms with Gasteiger partial charge in [0.1, 0.15) is 17.8 Å². The standard InChI is InChI=1S/C24H23N5O4/c1-13-21-18(30)5-4-6-19(21)33-22(13)24(31)26-14(2)23-27-20-11-17(25-12-29(20)28-23)15-7-9-16(32-3)10-8-15/h7-12,14H,4-6H2,1-3H3,(H,26,31)/t14-/m1/s1. The molecule has 33 heavy (non-hydrogen) atoms. The van der Waals surface area contributed by atoms with Crippen LogP contribution < -0.4 is 10.1 Å². The molecule has 0 saturated carbocycles. The summed E-state index contributed by atoms with van der Waals surface area (Å²) in [4.78, 5) is 34.1. The third kappa shape index (κ3) is 3.75. The zero-order valence-corrected chi connectivity index (χ0v) is 18.6. The Balaban J connectivity index is 1.37. The molecule has 1 N–H and O–H groups in total. The fourth-order valence-corrected chi connectivity index (χ4v) is 4.11. The van der Waals surface area contributed by atoms with Crippen molar-refractivity contribution >= 4 is 17.3 Å². The van der Waals surface area contributed by atoms with Gasteiger partial charge in [0.05, 0.1) is 24.4 Å². The Kier molecular flexibility index (Phi) is 5.16. The molecular formula is C24H23N5O4. The maximum absolute atomic E-state index is 12.9. The monoisotopic (exact) mass is 445 g/mol. The van der Waals surface area contributed by atoms with Gasteiger partial charge in [0.15, 0.2) is 23.0 Å². The van der Waals surface area contributed by atoms with Gasteiger partial charge in [-0.1, -0.05) is 0 Å². The third-order valence-electron chi connectivity index (χ3n) is 5.88. The number of carbonyl (C=O) groups is 2. The van der Waals surface area contributed by atoms with Gasteiger partial charge < -0.3 is 14.5 Å². The van der Waals surface area contributed by atoms with Crippen LogP contribution in [0.5, 0.6) is 5.75 Å². The quantitative estimate of drug-likeness (QED) is 0.498. The minimum atomic E-state index is -0.473. The summed E-state index contributed by atoms with van der Waals surface area (Å²) in [6, 6.07) is 8.95. The van der Waals surface area contributed by atoms with Crippen LogP contribution in [0, 0.1) is 6.92 Å². The van der Waals surface area contributed by atoms with Crippen LogP contribution in [0.2, 0.25) is 0 Å². The number of rotatable bonds is 5. The minimum absolute atomic E-state index is 0.0341. The average Bonchev–Trinajstić information content (AvgIpc) is 3.40. The van der Waals surface area contributed by atoms with E-state index in [9.17, 15) is 9.59 Å². The number of amides is 1. The molecule has 0 saturated heterocycles. The number of furan rings is 1. The fraction of sp³-hybridized carbons (Fsp3) is 0.292. The molecular weight excluding hydrogens is 422 g/mol. The lowest BCUT2D eigenvalue weighted by atomic mass is 9.94. The first-order valence-electron chi connectivity index (χ1n) is 10.8. The van der Waals surface area contributed by atoms with Crippen LogP contribution in [-0.2, 0) is 6.42 Å². The van der Waals surface area contributed by atoms with Crippen LogP contribution in [-0.4, -0.2) is 38.4 Å². The Bertz CT molecular complexity index is 1370. The van der Waals surface area contributed by atoms with Gasteiger partial charge in [0.2, 0.25) is 0 Å². The second kappa shape index (κ2) is 8.16. The van der Waals surface area contributed by atoms with Gasteiger partial charge in [-0.25, -0.2) is 14.5 Å². The molecule has 1 aliphatic carbocycles. The molecule has 5 rings (SSSR count). The summed E-state index contributed by atoms with van der Waals surface area (Å²) in [6.07, 6.45) is 3.50. The van der Waals surface area contributed by atoms with Crippen LogP contribution in [0.3, 0.4) is 0 Å². The predicted molar refractivity (Wildman–Crippen MR) is 119 cm³/mol. The maximum Gasteiger partial charge on any atom is 0.287 e. The van der Waals surface area contributed by atoms with Crippen molar-refractivity contribution in [2.45, 2.75) is 39.2 Å². The van der Waals surface area contributed by atoms with E-state index in [4.69, 9.17) is 9.15 Å². The number of nitrogens with one attached hydrogen (secondary N) is 1. The molecule has 9 heteroatoms. The number of benzene rings is 1. The lowest BCUT2D eigenvalue weighted by molar-refractivity contribution is 0.0904. The van der Waals surface area contributed by atoms with E-state index in [0.29, 0.717) is 41.2 Å². The molecule has 3 heterocycles. The van der Waals surface area contributed by atoms with E-state index in [0.717, 1.165) is 23.4 Å². The first kappa shape index (κ1) is 20.9. The molecule has 4 aromatic rings. The van der Waals surface area contributed by atoms with E-state index in [1.54, 1.807) is 31.8 Å². The van der Waals surface area contributed by atoms with Crippen molar-refractivity contribution < 1.29 is 18.7 Å². The van der Waals surface area contributed by atoms with Gasteiger partial charge in [-0.15, -0.1) is 5.10 Å². The molecule has 9 nitrogen and oxygen atoms in total. The Morgan fingerprint density at radius 2 is 2.03 bits per heavy atom. The summed E-state index contributed by atoms with van der Waals surface area (Å²) >= 11 is 0. The maximum atomic E-state index is 12.9. The number of nitrogens with zero attached hydrogens (tertiary/aromatic N) is 4. The predicted octanol–water partition coefficient (Wildman–Crippen LogP) is 3.71. The number of methoxy groups -OCH3 is 1. The lowest BCUT2D eigenvalue weighted by Crippen LogP contribution is -2.27. The summed E-state index contributed by atoms with van der Waals surface area (Å²) in [5, 5.41) is 7.33. The van der Waals surface area contributed by atoms with Crippen LogP contribution in [0.25, 0.3) is 16.9 Å². The first-order chi connectivity index (χ1) is 15.9. The normalized spacial score (nSPS) is 14.2. The number of fused-ring (bicyclic) bond motifs is 2. The van der Waals surface area contributed by atoms with Crippen LogP contribution in [0.15, 0.2) is 41.1 Å². The summed E-state index contributed by atoms with van der Waals surface area (Å²) < 4.78 is 12.5. The summed E-state index contributed by atoms with van der Waals surface area (Å²) in [7, 11) is 1.62. The molecule has 1 aliphatic rings. The van der Waals surface area contributed by atoms with Crippen molar-refractivity contribution in [3.63, 3.8) is 0 Å². The first-order valence-corrected chi connectivity index (χ1v) is 10.8. The number of Topliss-reactive ketones (excluding diaryl/α,β-unsaturated/α-hetero) is 1. The molecule has 168 valence electrons. The van der Waals surface area contributed by atoms with E-state index >= 15 is 0 Å². The van der Waals surface area contributed by atoms with Crippen molar-refractivity contribution in [3.8, 4) is 17.0 Å². The van der Waals surface area contributed by atoms with Gasteiger partial charge in [0, 0.05) is 30.0 Å². The molecule has 0 fully saturated rings. The molecule has 3 aromatic heterocycles. The zero-order valence-electron chi connectivity index (χ0n) is 18.6. The number of aryl methyl sites for hydroxylation is 1. The molecule has 0 aliphatic heterocycles. The van der Waals surface area contributed by atoms with E-state index in [1.165, 1.54) is 0 Å². The van der Waals surface area contributed by atoms with Crippen molar-refractivity contribution in [2.24, 2.45) is 0 Å². The van der Waals surface area contributed by atoms with E-state index in [2.05, 4.69) is 20.4 Å². The van der Waals surface area contributed by atoms with Crippen LogP contribution in [0.4, 0.5) is 0 Å². The number of ether oxygens (including phenoxy) is 1. The molecule has 1 aromatic carbocycles. The Hall–Kier alpha value is -4.01. The SMILES string of the molecule is COc1ccc(-c2cc3nc([C@@H](C)NC(=O)c4oc5c(c4C)C(=O)CCC5)nn3cn2)cc1. The second-order valence-electron chi connectivity index (χ2n) is 8.10. The average molecular weight is 445 g/mol. The highest BCUT2D eigenvalue weighted by atomic mass is 16.5. The van der Waals surface area contributed by atoms with Gasteiger partial charge in [-0.05, 0) is 44.5 Å². The largest absolute Gasteiger partial charge is 0.497 e. The Labute approximate surface area is 189 Å². The van der Waals surface area contributed by atoms with Gasteiger partial charge in [-0.3, -0.25) is 9.59 Å². The number of aromatic nitrogens is 4. The number of carbonyl (C=O) groups excluding carboxylic acids is 2. The van der Waals surface area contributed by atoms with Crippen molar-refractivity contribution in [1.82, 2.24) is 24.9 Å². The van der Waals surface area contributed by atoms with Gasteiger partial charge in [0.25, 0.3) is 5.91 Å². The van der Waals surface area contributed by atoms with Crippen LogP contribution in [0.1, 0.15) is 63.9 Å². The third-order valence-corrected chi connectivity index (χ3v) is 5.88. The molecule has 0 spiro atoms. The van der Waals surface area contributed by atoms with E-state index < -0.39 is 11.9 Å². The number of hydrogen-bond acceptors (Lipinski definition) is 7. The molecule has 1 atom stereocenters.